The van der Waals surface area contributed by atoms with Crippen molar-refractivity contribution in [3.8, 4) is 17.5 Å². The second-order valence-corrected chi connectivity index (χ2v) is 5.09. The third-order valence-corrected chi connectivity index (χ3v) is 3.44. The van der Waals surface area contributed by atoms with Crippen molar-refractivity contribution in [3.63, 3.8) is 0 Å². The molecular formula is C17H10ClFN4O. The van der Waals surface area contributed by atoms with Crippen LogP contribution in [0.15, 0.2) is 58.0 Å². The fourth-order valence-corrected chi connectivity index (χ4v) is 2.18. The van der Waals surface area contributed by atoms with Gasteiger partial charge in [-0.25, -0.2) is 9.82 Å². The van der Waals surface area contributed by atoms with Gasteiger partial charge in [-0.15, -0.1) is 0 Å². The Labute approximate surface area is 142 Å². The average Bonchev–Trinajstić information content (AvgIpc) is 3.01. The Morgan fingerprint density at radius 2 is 2.00 bits per heavy atom. The number of benzene rings is 2. The Bertz CT molecular complexity index is 911. The molecule has 1 N–H and O–H groups in total. The number of halogens is 2. The molecule has 3 rings (SSSR count). The second kappa shape index (κ2) is 6.94. The lowest BCUT2D eigenvalue weighted by Gasteiger charge is -1.99. The number of nitrogens with zero attached hydrogens (tertiary/aromatic N) is 3. The number of hydrazone groups is 1. The van der Waals surface area contributed by atoms with Gasteiger partial charge in [0.2, 0.25) is 11.6 Å². The van der Waals surface area contributed by atoms with Gasteiger partial charge in [-0.05, 0) is 24.3 Å². The van der Waals surface area contributed by atoms with Gasteiger partial charge < -0.3 is 4.42 Å². The maximum atomic E-state index is 13.7. The van der Waals surface area contributed by atoms with Gasteiger partial charge in [0.15, 0.2) is 0 Å². The highest BCUT2D eigenvalue weighted by atomic mass is 35.5. The first-order valence-electron chi connectivity index (χ1n) is 6.88. The van der Waals surface area contributed by atoms with Crippen LogP contribution in [0.2, 0.25) is 5.02 Å². The van der Waals surface area contributed by atoms with Crippen LogP contribution in [0.5, 0.6) is 0 Å². The van der Waals surface area contributed by atoms with Gasteiger partial charge in [0.1, 0.15) is 11.9 Å². The minimum absolute atomic E-state index is 0.0469. The zero-order valence-electron chi connectivity index (χ0n) is 12.2. The highest BCUT2D eigenvalue weighted by Crippen LogP contribution is 2.25. The highest BCUT2D eigenvalue weighted by Gasteiger charge is 2.13. The van der Waals surface area contributed by atoms with Gasteiger partial charge in [-0.3, -0.25) is 0 Å². The number of anilines is 1. The first-order valence-corrected chi connectivity index (χ1v) is 7.26. The number of hydrogen-bond acceptors (Lipinski definition) is 5. The summed E-state index contributed by atoms with van der Waals surface area (Å²) < 4.78 is 19.2. The number of rotatable bonds is 4. The molecule has 1 aromatic heterocycles. The maximum absolute atomic E-state index is 13.7. The zero-order valence-corrected chi connectivity index (χ0v) is 13.0. The summed E-state index contributed by atoms with van der Waals surface area (Å²) in [6, 6.07) is 15.4. The molecule has 2 aromatic carbocycles. The molecule has 0 aliphatic rings. The molecule has 0 fully saturated rings. The summed E-state index contributed by atoms with van der Waals surface area (Å²) in [4.78, 5) is 4.10. The fraction of sp³-hybridized carbons (Fsp3) is 0. The maximum Gasteiger partial charge on any atom is 0.252 e. The van der Waals surface area contributed by atoms with Gasteiger partial charge >= 0.3 is 0 Å². The smallest absolute Gasteiger partial charge is 0.252 e. The van der Waals surface area contributed by atoms with Crippen LogP contribution >= 0.6 is 11.6 Å². The van der Waals surface area contributed by atoms with E-state index >= 15 is 0 Å². The van der Waals surface area contributed by atoms with E-state index in [1.165, 1.54) is 18.3 Å². The molecule has 1 heterocycles. The molecule has 24 heavy (non-hydrogen) atoms. The van der Waals surface area contributed by atoms with Crippen molar-refractivity contribution in [1.29, 1.82) is 5.26 Å². The summed E-state index contributed by atoms with van der Waals surface area (Å²) in [6.07, 6.45) is 1.21. The second-order valence-electron chi connectivity index (χ2n) is 4.68. The molecule has 7 heteroatoms. The van der Waals surface area contributed by atoms with Crippen LogP contribution in [0.4, 0.5) is 10.3 Å². The van der Waals surface area contributed by atoms with Crippen LogP contribution < -0.4 is 5.43 Å². The molecule has 0 amide bonds. The predicted octanol–water partition coefficient (Wildman–Crippen LogP) is 4.45. The molecule has 0 saturated carbocycles. The third kappa shape index (κ3) is 3.26. The molecule has 0 spiro atoms. The van der Waals surface area contributed by atoms with Crippen molar-refractivity contribution < 1.29 is 8.81 Å². The molecule has 0 aliphatic heterocycles. The number of oxazole rings is 1. The van der Waals surface area contributed by atoms with Crippen LogP contribution in [-0.4, -0.2) is 11.2 Å². The Balaban J connectivity index is 1.84. The van der Waals surface area contributed by atoms with Gasteiger partial charge in [0, 0.05) is 11.1 Å². The number of hydrogen-bond donors (Lipinski definition) is 1. The predicted molar refractivity (Wildman–Crippen MR) is 89.3 cm³/mol. The van der Waals surface area contributed by atoms with Gasteiger partial charge in [0.05, 0.1) is 11.2 Å². The lowest BCUT2D eigenvalue weighted by atomic mass is 10.2. The van der Waals surface area contributed by atoms with Gasteiger partial charge in [0.25, 0.3) is 5.88 Å². The Hall–Kier alpha value is -3.17. The van der Waals surface area contributed by atoms with E-state index in [9.17, 15) is 4.39 Å². The van der Waals surface area contributed by atoms with Crippen molar-refractivity contribution in [3.05, 3.63) is 70.6 Å². The number of aromatic nitrogens is 1. The standard InChI is InChI=1S/C17H10ClFN4O/c18-13-7-4-8-14(19)12(13)10-21-23-17-15(9-20)22-16(24-17)11-5-2-1-3-6-11/h1-8,10,23H/b21-10+. The minimum atomic E-state index is -0.504. The van der Waals surface area contributed by atoms with Crippen molar-refractivity contribution >= 4 is 23.7 Å². The zero-order chi connectivity index (χ0) is 16.9. The van der Waals surface area contributed by atoms with Crippen molar-refractivity contribution in [2.24, 2.45) is 5.10 Å². The van der Waals surface area contributed by atoms with Crippen LogP contribution in [0, 0.1) is 17.1 Å². The summed E-state index contributed by atoms with van der Waals surface area (Å²) in [7, 11) is 0. The van der Waals surface area contributed by atoms with E-state index in [1.54, 1.807) is 18.2 Å². The van der Waals surface area contributed by atoms with Crippen LogP contribution in [0.1, 0.15) is 11.3 Å². The van der Waals surface area contributed by atoms with Crippen LogP contribution in [0.25, 0.3) is 11.5 Å². The van der Waals surface area contributed by atoms with E-state index in [-0.39, 0.29) is 28.1 Å². The molecule has 0 radical (unpaired) electrons. The van der Waals surface area contributed by atoms with Crippen molar-refractivity contribution in [2.75, 3.05) is 5.43 Å². The van der Waals surface area contributed by atoms with Crippen molar-refractivity contribution in [2.45, 2.75) is 0 Å². The number of nitriles is 1. The summed E-state index contributed by atoms with van der Waals surface area (Å²) in [5, 5.41) is 13.2. The Morgan fingerprint density at radius 3 is 2.71 bits per heavy atom. The molecule has 0 saturated heterocycles. The molecule has 5 nitrogen and oxygen atoms in total. The van der Waals surface area contributed by atoms with E-state index in [4.69, 9.17) is 21.3 Å². The minimum Gasteiger partial charge on any atom is -0.417 e. The quantitative estimate of drug-likeness (QED) is 0.562. The normalized spacial score (nSPS) is 10.7. The fourth-order valence-electron chi connectivity index (χ4n) is 1.97. The Kier molecular flexibility index (Phi) is 4.54. The lowest BCUT2D eigenvalue weighted by molar-refractivity contribution is 0.587. The SMILES string of the molecule is N#Cc1nc(-c2ccccc2)oc1N/N=C/c1c(F)cccc1Cl. The van der Waals surface area contributed by atoms with E-state index in [0.717, 1.165) is 5.56 Å². The highest BCUT2D eigenvalue weighted by molar-refractivity contribution is 6.33. The molecule has 0 bridgehead atoms. The average molecular weight is 341 g/mol. The van der Waals surface area contributed by atoms with E-state index < -0.39 is 5.82 Å². The summed E-state index contributed by atoms with van der Waals surface area (Å²) in [5.41, 5.74) is 3.45. The molecule has 0 aliphatic carbocycles. The summed E-state index contributed by atoms with van der Waals surface area (Å²) >= 11 is 5.91. The van der Waals surface area contributed by atoms with E-state index in [2.05, 4.69) is 15.5 Å². The number of nitrogens with one attached hydrogen (secondary N) is 1. The molecule has 118 valence electrons. The molecule has 0 unspecified atom stereocenters. The molecule has 3 aromatic rings. The monoisotopic (exact) mass is 340 g/mol. The van der Waals surface area contributed by atoms with Crippen LogP contribution in [0.3, 0.4) is 0 Å². The topological polar surface area (TPSA) is 74.2 Å². The van der Waals surface area contributed by atoms with Crippen LogP contribution in [-0.2, 0) is 0 Å². The molecular weight excluding hydrogens is 331 g/mol. The van der Waals surface area contributed by atoms with Crippen molar-refractivity contribution in [1.82, 2.24) is 4.98 Å². The van der Waals surface area contributed by atoms with Gasteiger partial charge in [-0.1, -0.05) is 35.9 Å². The first-order chi connectivity index (χ1) is 11.7. The first kappa shape index (κ1) is 15.7. The summed E-state index contributed by atoms with van der Waals surface area (Å²) in [6.45, 7) is 0. The lowest BCUT2D eigenvalue weighted by Crippen LogP contribution is -1.94. The summed E-state index contributed by atoms with van der Waals surface area (Å²) in [5.74, 6) is -0.148. The third-order valence-electron chi connectivity index (χ3n) is 3.11. The molecule has 0 atom stereocenters. The van der Waals surface area contributed by atoms with E-state index in [0.29, 0.717) is 0 Å². The van der Waals surface area contributed by atoms with Gasteiger partial charge in [-0.2, -0.15) is 15.3 Å². The Morgan fingerprint density at radius 1 is 1.21 bits per heavy atom. The van der Waals surface area contributed by atoms with E-state index in [1.807, 2.05) is 24.3 Å². The largest absolute Gasteiger partial charge is 0.417 e.